The Labute approximate surface area is 107 Å². The Hall–Kier alpha value is -0.900. The van der Waals surface area contributed by atoms with Gasteiger partial charge in [0.2, 0.25) is 5.91 Å². The first-order valence-corrected chi connectivity index (χ1v) is 5.56. The van der Waals surface area contributed by atoms with Gasteiger partial charge in [-0.1, -0.05) is 21.8 Å². The number of carbonyl (C=O) groups is 2. The summed E-state index contributed by atoms with van der Waals surface area (Å²) in [6.07, 6.45) is 3.26. The molecule has 0 aromatic carbocycles. The molecule has 0 aliphatic carbocycles. The second kappa shape index (κ2) is 13.2. The highest BCUT2D eigenvalue weighted by Crippen LogP contribution is 2.01. The summed E-state index contributed by atoms with van der Waals surface area (Å²) in [6, 6.07) is -0.0353. The maximum atomic E-state index is 11.1. The van der Waals surface area contributed by atoms with Crippen molar-refractivity contribution in [1.82, 2.24) is 10.6 Å². The molecule has 17 heavy (non-hydrogen) atoms. The first-order chi connectivity index (χ1) is 7.11. The summed E-state index contributed by atoms with van der Waals surface area (Å²) in [5, 5.41) is 5.78. The molecule has 0 aromatic heterocycles. The Balaban J connectivity index is -0.000000980. The summed E-state index contributed by atoms with van der Waals surface area (Å²) >= 11 is 0. The van der Waals surface area contributed by atoms with Crippen molar-refractivity contribution in [3.63, 3.8) is 0 Å². The van der Waals surface area contributed by atoms with Crippen molar-refractivity contribution in [2.45, 2.75) is 60.4 Å². The molecule has 104 valence electrons. The highest BCUT2D eigenvalue weighted by molar-refractivity contribution is 5.81. The van der Waals surface area contributed by atoms with Crippen molar-refractivity contribution in [3.05, 3.63) is 0 Å². The molecule has 0 unspecified atom stereocenters. The molecule has 0 bridgehead atoms. The summed E-state index contributed by atoms with van der Waals surface area (Å²) in [5.41, 5.74) is 0. The van der Waals surface area contributed by atoms with E-state index < -0.39 is 0 Å². The summed E-state index contributed by atoms with van der Waals surface area (Å²) in [4.78, 5) is 22.0. The quantitative estimate of drug-likeness (QED) is 0.645. The summed E-state index contributed by atoms with van der Waals surface area (Å²) in [5.74, 6) is 0.266. The third-order valence-corrected chi connectivity index (χ3v) is 2.40. The molecule has 0 aromatic rings. The van der Waals surface area contributed by atoms with Gasteiger partial charge in [0.05, 0.1) is 6.04 Å². The molecule has 0 saturated carbocycles. The van der Waals surface area contributed by atoms with E-state index in [1.807, 2.05) is 6.92 Å². The maximum Gasteiger partial charge on any atom is 0.219 e. The van der Waals surface area contributed by atoms with Gasteiger partial charge in [0.25, 0.3) is 0 Å². The maximum absolute atomic E-state index is 11.1. The van der Waals surface area contributed by atoms with Gasteiger partial charge in [0.15, 0.2) is 0 Å². The fourth-order valence-electron chi connectivity index (χ4n) is 1.38. The highest BCUT2D eigenvalue weighted by Gasteiger charge is 2.09. The van der Waals surface area contributed by atoms with Crippen LogP contribution in [0.15, 0.2) is 0 Å². The molecular formula is C13H30N2O2. The summed E-state index contributed by atoms with van der Waals surface area (Å²) < 4.78 is 0. The van der Waals surface area contributed by atoms with Crippen LogP contribution in [0.1, 0.15) is 54.4 Å². The molecule has 4 heteroatoms. The van der Waals surface area contributed by atoms with Gasteiger partial charge < -0.3 is 10.6 Å². The number of rotatable bonds is 8. The zero-order valence-corrected chi connectivity index (χ0v) is 9.93. The summed E-state index contributed by atoms with van der Waals surface area (Å²) in [7, 11) is 1.80. The number of nitrogens with one attached hydrogen (secondary N) is 2. The molecule has 0 saturated heterocycles. The predicted molar refractivity (Wildman–Crippen MR) is 74.1 cm³/mol. The van der Waals surface area contributed by atoms with Gasteiger partial charge in [-0.3, -0.25) is 9.59 Å². The van der Waals surface area contributed by atoms with Crippen molar-refractivity contribution >= 4 is 11.7 Å². The number of ketones is 1. The average molecular weight is 246 g/mol. The number of amides is 1. The highest BCUT2D eigenvalue weighted by atomic mass is 16.1. The fraction of sp³-hybridized carbons (Fsp3) is 0.846. The molecule has 0 spiro atoms. The first-order valence-electron chi connectivity index (χ1n) is 5.56. The van der Waals surface area contributed by atoms with Crippen molar-refractivity contribution in [2.75, 3.05) is 13.6 Å². The van der Waals surface area contributed by atoms with Gasteiger partial charge in [0.1, 0.15) is 5.78 Å². The molecule has 0 aliphatic rings. The predicted octanol–water partition coefficient (Wildman–Crippen LogP) is 2.13. The monoisotopic (exact) mass is 246 g/mol. The van der Waals surface area contributed by atoms with Crippen molar-refractivity contribution in [3.8, 4) is 0 Å². The zero-order chi connectivity index (χ0) is 11.7. The van der Waals surface area contributed by atoms with E-state index in [9.17, 15) is 9.59 Å². The average Bonchev–Trinajstić information content (AvgIpc) is 2.22. The smallest absolute Gasteiger partial charge is 0.219 e. The first kappa shape index (κ1) is 21.4. The Kier molecular flexibility index (Phi) is 16.6. The van der Waals surface area contributed by atoms with Crippen LogP contribution in [-0.4, -0.2) is 31.3 Å². The van der Waals surface area contributed by atoms with E-state index in [1.165, 1.54) is 0 Å². The second-order valence-corrected chi connectivity index (χ2v) is 3.65. The third kappa shape index (κ3) is 11.4. The van der Waals surface area contributed by atoms with E-state index in [2.05, 4.69) is 10.6 Å². The van der Waals surface area contributed by atoms with Crippen molar-refractivity contribution < 1.29 is 9.59 Å². The normalized spacial score (nSPS) is 10.8. The molecular weight excluding hydrogens is 216 g/mol. The standard InChI is InChI=1S/C11H22N2O2.2CH4/c1-4-11(15)13-8-6-5-7-10(12-3)9(2)14;;/h10,12H,4-8H2,1-3H3,(H,13,15);2*1H4/t10-;;/m0../s1. The Morgan fingerprint density at radius 2 is 1.76 bits per heavy atom. The van der Waals surface area contributed by atoms with Gasteiger partial charge in [-0.25, -0.2) is 0 Å². The zero-order valence-electron chi connectivity index (χ0n) is 9.93. The molecule has 0 rings (SSSR count). The number of Topliss-reactive ketones (excluding diaryl/α,β-unsaturated/α-hetero) is 1. The van der Waals surface area contributed by atoms with Crippen LogP contribution in [-0.2, 0) is 9.59 Å². The van der Waals surface area contributed by atoms with Crippen LogP contribution in [0.4, 0.5) is 0 Å². The lowest BCUT2D eigenvalue weighted by molar-refractivity contribution is -0.121. The van der Waals surface area contributed by atoms with Crippen LogP contribution in [0.2, 0.25) is 0 Å². The largest absolute Gasteiger partial charge is 0.356 e. The summed E-state index contributed by atoms with van der Waals surface area (Å²) in [6.45, 7) is 4.14. The second-order valence-electron chi connectivity index (χ2n) is 3.65. The lowest BCUT2D eigenvalue weighted by atomic mass is 10.1. The van der Waals surface area contributed by atoms with Crippen LogP contribution in [0, 0.1) is 0 Å². The topological polar surface area (TPSA) is 58.2 Å². The molecule has 1 amide bonds. The van der Waals surface area contributed by atoms with E-state index in [0.29, 0.717) is 13.0 Å². The van der Waals surface area contributed by atoms with Gasteiger partial charge in [0, 0.05) is 13.0 Å². The van der Waals surface area contributed by atoms with Crippen LogP contribution >= 0.6 is 0 Å². The molecule has 0 heterocycles. The fourth-order valence-corrected chi connectivity index (χ4v) is 1.38. The molecule has 0 aliphatic heterocycles. The Morgan fingerprint density at radius 1 is 1.18 bits per heavy atom. The number of unbranched alkanes of at least 4 members (excludes halogenated alkanes) is 1. The van der Waals surface area contributed by atoms with Crippen LogP contribution < -0.4 is 10.6 Å². The van der Waals surface area contributed by atoms with Gasteiger partial charge >= 0.3 is 0 Å². The van der Waals surface area contributed by atoms with Crippen LogP contribution in [0.3, 0.4) is 0 Å². The lowest BCUT2D eigenvalue weighted by Crippen LogP contribution is -2.32. The minimum atomic E-state index is -0.0353. The number of hydrogen-bond acceptors (Lipinski definition) is 3. The van der Waals surface area contributed by atoms with E-state index in [0.717, 1.165) is 19.3 Å². The van der Waals surface area contributed by atoms with Crippen LogP contribution in [0.25, 0.3) is 0 Å². The minimum Gasteiger partial charge on any atom is -0.356 e. The third-order valence-electron chi connectivity index (χ3n) is 2.40. The van der Waals surface area contributed by atoms with Gasteiger partial charge in [-0.2, -0.15) is 0 Å². The molecule has 0 fully saturated rings. The van der Waals surface area contributed by atoms with Crippen LogP contribution in [0.5, 0.6) is 0 Å². The molecule has 4 nitrogen and oxygen atoms in total. The number of hydrogen-bond donors (Lipinski definition) is 2. The molecule has 0 radical (unpaired) electrons. The number of carbonyl (C=O) groups excluding carboxylic acids is 2. The van der Waals surface area contributed by atoms with E-state index in [-0.39, 0.29) is 32.6 Å². The molecule has 2 N–H and O–H groups in total. The van der Waals surface area contributed by atoms with Gasteiger partial charge in [-0.15, -0.1) is 0 Å². The molecule has 1 atom stereocenters. The van der Waals surface area contributed by atoms with Crippen molar-refractivity contribution in [1.29, 1.82) is 0 Å². The SMILES string of the molecule is C.C.CCC(=O)NCCCC[C@H](NC)C(C)=O. The number of likely N-dealkylation sites (N-methyl/N-ethyl adjacent to an activating group) is 1. The van der Waals surface area contributed by atoms with Crippen molar-refractivity contribution in [2.24, 2.45) is 0 Å². The Morgan fingerprint density at radius 3 is 2.18 bits per heavy atom. The van der Waals surface area contributed by atoms with Gasteiger partial charge in [-0.05, 0) is 33.2 Å². The Bertz CT molecular complexity index is 206. The van der Waals surface area contributed by atoms with E-state index >= 15 is 0 Å². The van der Waals surface area contributed by atoms with E-state index in [4.69, 9.17) is 0 Å². The van der Waals surface area contributed by atoms with E-state index in [1.54, 1.807) is 14.0 Å². The lowest BCUT2D eigenvalue weighted by Gasteiger charge is -2.12. The minimum absolute atomic E-state index is 0.